The monoisotopic (exact) mass is 334 g/mol. The first-order chi connectivity index (χ1) is 12.0. The van der Waals surface area contributed by atoms with Gasteiger partial charge in [-0.3, -0.25) is 4.79 Å². The highest BCUT2D eigenvalue weighted by Gasteiger charge is 2.51. The van der Waals surface area contributed by atoms with Gasteiger partial charge in [0, 0.05) is 31.1 Å². The molecule has 0 radical (unpaired) electrons. The van der Waals surface area contributed by atoms with Crippen LogP contribution in [0.3, 0.4) is 0 Å². The molecular formula is C22H26N2O. The first-order valence-electron chi connectivity index (χ1n) is 9.28. The first kappa shape index (κ1) is 16.3. The summed E-state index contributed by atoms with van der Waals surface area (Å²) in [6.45, 7) is 5.37. The smallest absolute Gasteiger partial charge is 0.138 e. The van der Waals surface area contributed by atoms with E-state index in [1.165, 1.54) is 5.56 Å². The highest BCUT2D eigenvalue weighted by molar-refractivity contribution is 5.85. The standard InChI is InChI=1S/C22H26N2O/c1-22(2)13-18-21(19(25)14-22)17(12-16-8-4-3-5-9-16)15-24(18)20-10-6-7-11-23-20/h3-11,17-18,21H,12-15H2,1-2H3. The lowest BCUT2D eigenvalue weighted by Gasteiger charge is -2.40. The second-order valence-corrected chi connectivity index (χ2v) is 8.39. The number of fused-ring (bicyclic) bond motifs is 1. The molecule has 2 aromatic rings. The number of Topliss-reactive ketones (excluding diaryl/α,β-unsaturated/α-hetero) is 1. The maximum absolute atomic E-state index is 13.0. The zero-order valence-electron chi connectivity index (χ0n) is 15.1. The molecule has 4 rings (SSSR count). The van der Waals surface area contributed by atoms with Crippen LogP contribution in [0, 0.1) is 17.3 Å². The van der Waals surface area contributed by atoms with E-state index in [2.05, 4.69) is 60.1 Å². The van der Waals surface area contributed by atoms with E-state index in [-0.39, 0.29) is 17.4 Å². The van der Waals surface area contributed by atoms with Gasteiger partial charge in [-0.05, 0) is 41.9 Å². The summed E-state index contributed by atoms with van der Waals surface area (Å²) in [5.41, 5.74) is 1.40. The minimum atomic E-state index is 0.0763. The van der Waals surface area contributed by atoms with Gasteiger partial charge in [-0.2, -0.15) is 0 Å². The van der Waals surface area contributed by atoms with Crippen molar-refractivity contribution >= 4 is 11.6 Å². The lowest BCUT2D eigenvalue weighted by molar-refractivity contribution is -0.129. The minimum absolute atomic E-state index is 0.0763. The molecular weight excluding hydrogens is 308 g/mol. The molecule has 2 aliphatic rings. The third kappa shape index (κ3) is 3.20. The van der Waals surface area contributed by atoms with Crippen LogP contribution in [0.2, 0.25) is 0 Å². The van der Waals surface area contributed by atoms with Gasteiger partial charge in [-0.25, -0.2) is 4.98 Å². The first-order valence-corrected chi connectivity index (χ1v) is 9.28. The van der Waals surface area contributed by atoms with Gasteiger partial charge >= 0.3 is 0 Å². The minimum Gasteiger partial charge on any atom is -0.353 e. The maximum atomic E-state index is 13.0. The van der Waals surface area contributed by atoms with Crippen molar-refractivity contribution in [1.82, 2.24) is 4.98 Å². The Morgan fingerprint density at radius 1 is 1.12 bits per heavy atom. The number of hydrogen-bond donors (Lipinski definition) is 0. The predicted octanol–water partition coefficient (Wildman–Crippen LogP) is 4.13. The van der Waals surface area contributed by atoms with Crippen LogP contribution in [0.15, 0.2) is 54.7 Å². The highest BCUT2D eigenvalue weighted by atomic mass is 16.1. The van der Waals surface area contributed by atoms with Crippen LogP contribution in [0.25, 0.3) is 0 Å². The van der Waals surface area contributed by atoms with E-state index in [1.54, 1.807) is 0 Å². The molecule has 1 aromatic carbocycles. The van der Waals surface area contributed by atoms with Crippen molar-refractivity contribution in [2.75, 3.05) is 11.4 Å². The average molecular weight is 334 g/mol. The summed E-state index contributed by atoms with van der Waals surface area (Å²) in [5, 5.41) is 0. The summed E-state index contributed by atoms with van der Waals surface area (Å²) in [6, 6.07) is 16.9. The van der Waals surface area contributed by atoms with Gasteiger partial charge in [0.05, 0.1) is 0 Å². The number of benzene rings is 1. The van der Waals surface area contributed by atoms with Crippen molar-refractivity contribution in [3.05, 3.63) is 60.3 Å². The van der Waals surface area contributed by atoms with E-state index >= 15 is 0 Å². The normalized spacial score (nSPS) is 28.0. The SMILES string of the molecule is CC1(C)CC(=O)C2C(Cc3ccccc3)CN(c3ccccn3)C2C1. The number of hydrogen-bond acceptors (Lipinski definition) is 3. The molecule has 0 amide bonds. The number of aromatic nitrogens is 1. The Labute approximate surface area is 150 Å². The summed E-state index contributed by atoms with van der Waals surface area (Å²) in [6.07, 6.45) is 4.59. The predicted molar refractivity (Wildman–Crippen MR) is 101 cm³/mol. The highest BCUT2D eigenvalue weighted by Crippen LogP contribution is 2.47. The lowest BCUT2D eigenvalue weighted by atomic mass is 9.67. The van der Waals surface area contributed by atoms with E-state index in [9.17, 15) is 4.79 Å². The molecule has 25 heavy (non-hydrogen) atoms. The number of nitrogens with zero attached hydrogens (tertiary/aromatic N) is 2. The molecule has 1 aliphatic heterocycles. The fourth-order valence-electron chi connectivity index (χ4n) is 4.85. The van der Waals surface area contributed by atoms with Gasteiger partial charge in [-0.1, -0.05) is 50.2 Å². The summed E-state index contributed by atoms with van der Waals surface area (Å²) in [4.78, 5) is 20.0. The number of rotatable bonds is 3. The van der Waals surface area contributed by atoms with Crippen LogP contribution in [-0.4, -0.2) is 23.4 Å². The van der Waals surface area contributed by atoms with E-state index in [0.29, 0.717) is 18.1 Å². The van der Waals surface area contributed by atoms with Crippen molar-refractivity contribution in [3.63, 3.8) is 0 Å². The van der Waals surface area contributed by atoms with Crippen LogP contribution in [0.5, 0.6) is 0 Å². The van der Waals surface area contributed by atoms with Crippen LogP contribution in [0.4, 0.5) is 5.82 Å². The lowest BCUT2D eigenvalue weighted by Crippen LogP contribution is -2.45. The number of carbonyl (C=O) groups is 1. The molecule has 1 aromatic heterocycles. The Bertz CT molecular complexity index is 741. The quantitative estimate of drug-likeness (QED) is 0.846. The Balaban J connectivity index is 1.66. The molecule has 0 bridgehead atoms. The largest absolute Gasteiger partial charge is 0.353 e. The summed E-state index contributed by atoms with van der Waals surface area (Å²) >= 11 is 0. The zero-order chi connectivity index (χ0) is 17.4. The van der Waals surface area contributed by atoms with Gasteiger partial charge in [0.25, 0.3) is 0 Å². The summed E-state index contributed by atoms with van der Waals surface area (Å²) in [5.74, 6) is 1.97. The van der Waals surface area contributed by atoms with Crippen LogP contribution in [-0.2, 0) is 11.2 Å². The molecule has 1 saturated carbocycles. The Kier molecular flexibility index (Phi) is 4.10. The zero-order valence-corrected chi connectivity index (χ0v) is 15.1. The molecule has 3 nitrogen and oxygen atoms in total. The molecule has 2 fully saturated rings. The number of pyridine rings is 1. The van der Waals surface area contributed by atoms with Crippen molar-refractivity contribution < 1.29 is 4.79 Å². The van der Waals surface area contributed by atoms with E-state index < -0.39 is 0 Å². The third-order valence-electron chi connectivity index (χ3n) is 5.82. The van der Waals surface area contributed by atoms with E-state index in [4.69, 9.17) is 0 Å². The van der Waals surface area contributed by atoms with Crippen molar-refractivity contribution in [3.8, 4) is 0 Å². The average Bonchev–Trinajstić information content (AvgIpc) is 2.93. The molecule has 1 aliphatic carbocycles. The van der Waals surface area contributed by atoms with Gasteiger partial charge in [-0.15, -0.1) is 0 Å². The maximum Gasteiger partial charge on any atom is 0.138 e. The van der Waals surface area contributed by atoms with Gasteiger partial charge in [0.2, 0.25) is 0 Å². The molecule has 3 atom stereocenters. The Hall–Kier alpha value is -2.16. The second-order valence-electron chi connectivity index (χ2n) is 8.39. The van der Waals surface area contributed by atoms with Crippen LogP contribution < -0.4 is 4.90 Å². The molecule has 0 spiro atoms. The Morgan fingerprint density at radius 2 is 1.88 bits per heavy atom. The molecule has 0 N–H and O–H groups in total. The van der Waals surface area contributed by atoms with Gasteiger partial charge in [0.1, 0.15) is 11.6 Å². The van der Waals surface area contributed by atoms with E-state index in [1.807, 2.05) is 18.3 Å². The third-order valence-corrected chi connectivity index (χ3v) is 5.82. The molecule has 3 unspecified atom stereocenters. The second kappa shape index (κ2) is 6.29. The molecule has 2 heterocycles. The Morgan fingerprint density at radius 3 is 2.60 bits per heavy atom. The number of carbonyl (C=O) groups excluding carboxylic acids is 1. The fourth-order valence-corrected chi connectivity index (χ4v) is 4.85. The van der Waals surface area contributed by atoms with Crippen molar-refractivity contribution in [2.45, 2.75) is 39.2 Å². The van der Waals surface area contributed by atoms with E-state index in [0.717, 1.165) is 25.2 Å². The summed E-state index contributed by atoms with van der Waals surface area (Å²) in [7, 11) is 0. The summed E-state index contributed by atoms with van der Waals surface area (Å²) < 4.78 is 0. The van der Waals surface area contributed by atoms with Crippen LogP contribution >= 0.6 is 0 Å². The van der Waals surface area contributed by atoms with Gasteiger partial charge < -0.3 is 4.90 Å². The van der Waals surface area contributed by atoms with Crippen molar-refractivity contribution in [2.24, 2.45) is 17.3 Å². The van der Waals surface area contributed by atoms with Crippen LogP contribution in [0.1, 0.15) is 32.3 Å². The van der Waals surface area contributed by atoms with Gasteiger partial charge in [0.15, 0.2) is 0 Å². The number of anilines is 1. The van der Waals surface area contributed by atoms with Crippen molar-refractivity contribution in [1.29, 1.82) is 0 Å². The fraction of sp³-hybridized carbons (Fsp3) is 0.455. The molecule has 3 heteroatoms. The molecule has 130 valence electrons. The number of ketones is 1. The topological polar surface area (TPSA) is 33.2 Å². The molecule has 1 saturated heterocycles.